The van der Waals surface area contributed by atoms with Crippen molar-refractivity contribution in [3.8, 4) is 0 Å². The largest absolute Gasteiger partial charge is 0.463 e. The lowest BCUT2D eigenvalue weighted by molar-refractivity contribution is 0.0558. The zero-order valence-electron chi connectivity index (χ0n) is 16.8. The number of fused-ring (bicyclic) bond motifs is 2. The zero-order chi connectivity index (χ0) is 22.3. The van der Waals surface area contributed by atoms with E-state index in [0.29, 0.717) is 17.1 Å². The first-order valence-corrected chi connectivity index (χ1v) is 11.0. The van der Waals surface area contributed by atoms with Crippen molar-refractivity contribution in [3.05, 3.63) is 72.0 Å². The van der Waals surface area contributed by atoms with Crippen LogP contribution in [-0.2, 0) is 27.8 Å². The molecule has 1 aliphatic rings. The first-order chi connectivity index (χ1) is 15.5. The van der Waals surface area contributed by atoms with Crippen molar-refractivity contribution < 1.29 is 22.4 Å². The van der Waals surface area contributed by atoms with Crippen LogP contribution in [-0.4, -0.2) is 40.8 Å². The summed E-state index contributed by atoms with van der Waals surface area (Å²) < 4.78 is 37.1. The SMILES string of the molecule is COC(=O)c1ccc(S(=O)(=O)N2Cc3ncnc(Nc4cnc5ccccc5c4)c3C2)o1. The fourth-order valence-electron chi connectivity index (χ4n) is 3.50. The highest BCUT2D eigenvalue weighted by atomic mass is 32.2. The van der Waals surface area contributed by atoms with Gasteiger partial charge in [0, 0.05) is 17.5 Å². The van der Waals surface area contributed by atoms with Gasteiger partial charge in [0.15, 0.2) is 0 Å². The molecule has 10 nitrogen and oxygen atoms in total. The Morgan fingerprint density at radius 2 is 1.97 bits per heavy atom. The van der Waals surface area contributed by atoms with Gasteiger partial charge in [-0.1, -0.05) is 18.2 Å². The fourth-order valence-corrected chi connectivity index (χ4v) is 4.78. The number of pyridine rings is 1. The van der Waals surface area contributed by atoms with E-state index in [-0.39, 0.29) is 23.9 Å². The number of aromatic nitrogens is 3. The van der Waals surface area contributed by atoms with Gasteiger partial charge in [-0.25, -0.2) is 23.2 Å². The van der Waals surface area contributed by atoms with Crippen molar-refractivity contribution in [2.75, 3.05) is 12.4 Å². The fraction of sp³-hybridized carbons (Fsp3) is 0.143. The molecule has 1 aromatic carbocycles. The lowest BCUT2D eigenvalue weighted by atomic mass is 10.2. The minimum absolute atomic E-state index is 0.0517. The van der Waals surface area contributed by atoms with Crippen LogP contribution in [0.1, 0.15) is 21.8 Å². The smallest absolute Gasteiger partial charge is 0.374 e. The van der Waals surface area contributed by atoms with Crippen LogP contribution in [0, 0.1) is 0 Å². The van der Waals surface area contributed by atoms with Gasteiger partial charge in [-0.05, 0) is 24.3 Å². The Morgan fingerprint density at radius 3 is 2.81 bits per heavy atom. The molecule has 0 atom stereocenters. The molecule has 162 valence electrons. The Morgan fingerprint density at radius 1 is 1.12 bits per heavy atom. The molecule has 0 bridgehead atoms. The number of carbonyl (C=O) groups is 1. The van der Waals surface area contributed by atoms with E-state index in [1.165, 1.54) is 29.9 Å². The maximum Gasteiger partial charge on any atom is 0.374 e. The molecule has 0 unspecified atom stereocenters. The normalized spacial score (nSPS) is 13.8. The summed E-state index contributed by atoms with van der Waals surface area (Å²) in [5.41, 5.74) is 2.83. The van der Waals surface area contributed by atoms with Gasteiger partial charge in [-0.2, -0.15) is 4.31 Å². The van der Waals surface area contributed by atoms with E-state index in [1.54, 1.807) is 6.20 Å². The minimum atomic E-state index is -3.99. The standard InChI is InChI=1S/C21H17N5O5S/c1-30-21(27)18-6-7-19(31-18)32(28,29)26-10-15-17(11-26)23-12-24-20(15)25-14-8-13-4-2-3-5-16(13)22-9-14/h2-9,12H,10-11H2,1H3,(H,23,24,25). The quantitative estimate of drug-likeness (QED) is 0.456. The second-order valence-electron chi connectivity index (χ2n) is 7.07. The van der Waals surface area contributed by atoms with E-state index in [0.717, 1.165) is 16.6 Å². The Labute approximate surface area is 182 Å². The Bertz CT molecular complexity index is 1450. The number of ether oxygens (including phenoxy) is 1. The number of benzene rings is 1. The van der Waals surface area contributed by atoms with Crippen molar-refractivity contribution in [1.82, 2.24) is 19.3 Å². The number of furan rings is 1. The summed E-state index contributed by atoms with van der Waals surface area (Å²) in [6.07, 6.45) is 3.07. The number of hydrogen-bond donors (Lipinski definition) is 1. The van der Waals surface area contributed by atoms with E-state index in [2.05, 4.69) is 25.0 Å². The molecule has 1 aliphatic heterocycles. The summed E-state index contributed by atoms with van der Waals surface area (Å²) in [5.74, 6) is -0.439. The van der Waals surface area contributed by atoms with Gasteiger partial charge in [0.25, 0.3) is 10.0 Å². The maximum atomic E-state index is 13.0. The molecule has 5 rings (SSSR count). The number of hydrogen-bond acceptors (Lipinski definition) is 9. The molecule has 0 saturated carbocycles. The molecule has 0 amide bonds. The first-order valence-electron chi connectivity index (χ1n) is 9.58. The molecule has 4 aromatic rings. The van der Waals surface area contributed by atoms with Gasteiger partial charge >= 0.3 is 5.97 Å². The number of carbonyl (C=O) groups excluding carboxylic acids is 1. The van der Waals surface area contributed by atoms with Crippen LogP contribution in [0.15, 0.2) is 64.5 Å². The van der Waals surface area contributed by atoms with E-state index in [4.69, 9.17) is 4.42 Å². The lowest BCUT2D eigenvalue weighted by Gasteiger charge is -2.13. The number of methoxy groups -OCH3 is 1. The number of sulfonamides is 1. The molecule has 11 heteroatoms. The number of rotatable bonds is 5. The predicted octanol–water partition coefficient (Wildman–Crippen LogP) is 2.85. The molecule has 0 radical (unpaired) electrons. The van der Waals surface area contributed by atoms with Gasteiger partial charge in [-0.15, -0.1) is 0 Å². The first kappa shape index (κ1) is 20.1. The summed E-state index contributed by atoms with van der Waals surface area (Å²) in [6.45, 7) is 0.106. The maximum absolute atomic E-state index is 13.0. The predicted molar refractivity (Wildman–Crippen MR) is 114 cm³/mol. The third kappa shape index (κ3) is 3.47. The monoisotopic (exact) mass is 451 g/mol. The number of nitrogens with one attached hydrogen (secondary N) is 1. The molecule has 0 saturated heterocycles. The number of anilines is 2. The molecule has 3 aromatic heterocycles. The summed E-state index contributed by atoms with van der Waals surface area (Å²) in [5, 5.41) is 3.84. The highest BCUT2D eigenvalue weighted by molar-refractivity contribution is 7.89. The minimum Gasteiger partial charge on any atom is -0.463 e. The summed E-state index contributed by atoms with van der Waals surface area (Å²) >= 11 is 0. The van der Waals surface area contributed by atoms with Crippen LogP contribution in [0.5, 0.6) is 0 Å². The summed E-state index contributed by atoms with van der Waals surface area (Å²) in [7, 11) is -2.81. The van der Waals surface area contributed by atoms with Gasteiger partial charge in [0.2, 0.25) is 10.9 Å². The van der Waals surface area contributed by atoms with Crippen LogP contribution in [0.3, 0.4) is 0 Å². The van der Waals surface area contributed by atoms with Crippen molar-refractivity contribution in [2.45, 2.75) is 18.2 Å². The van der Waals surface area contributed by atoms with Gasteiger partial charge < -0.3 is 14.5 Å². The molecular weight excluding hydrogens is 434 g/mol. The lowest BCUT2D eigenvalue weighted by Crippen LogP contribution is -2.25. The van der Waals surface area contributed by atoms with E-state index in [1.807, 2.05) is 30.3 Å². The molecular formula is C21H17N5O5S. The average Bonchev–Trinajstić information content (AvgIpc) is 3.47. The van der Waals surface area contributed by atoms with Crippen molar-refractivity contribution in [3.63, 3.8) is 0 Å². The molecule has 0 aliphatic carbocycles. The molecule has 32 heavy (non-hydrogen) atoms. The number of nitrogens with zero attached hydrogens (tertiary/aromatic N) is 4. The summed E-state index contributed by atoms with van der Waals surface area (Å²) in [4.78, 5) is 24.6. The highest BCUT2D eigenvalue weighted by Crippen LogP contribution is 2.32. The second-order valence-corrected chi connectivity index (χ2v) is 8.94. The average molecular weight is 451 g/mol. The Balaban J connectivity index is 1.41. The van der Waals surface area contributed by atoms with Crippen molar-refractivity contribution in [1.29, 1.82) is 0 Å². The number of para-hydroxylation sites is 1. The third-order valence-electron chi connectivity index (χ3n) is 5.11. The number of esters is 1. The Hall–Kier alpha value is -3.83. The van der Waals surface area contributed by atoms with Gasteiger partial charge in [0.05, 0.1) is 36.7 Å². The van der Waals surface area contributed by atoms with Crippen molar-refractivity contribution >= 4 is 38.4 Å². The Kier molecular flexibility index (Phi) is 4.83. The van der Waals surface area contributed by atoms with Gasteiger partial charge in [-0.3, -0.25) is 4.98 Å². The van der Waals surface area contributed by atoms with Crippen LogP contribution in [0.25, 0.3) is 10.9 Å². The van der Waals surface area contributed by atoms with Gasteiger partial charge in [0.1, 0.15) is 12.1 Å². The van der Waals surface area contributed by atoms with Crippen molar-refractivity contribution in [2.24, 2.45) is 0 Å². The van der Waals surface area contributed by atoms with Crippen LogP contribution < -0.4 is 5.32 Å². The molecule has 0 fully saturated rings. The van der Waals surface area contributed by atoms with Crippen LogP contribution in [0.4, 0.5) is 11.5 Å². The molecule has 1 N–H and O–H groups in total. The highest BCUT2D eigenvalue weighted by Gasteiger charge is 2.35. The van der Waals surface area contributed by atoms with Crippen LogP contribution >= 0.6 is 0 Å². The molecule has 0 spiro atoms. The second kappa shape index (κ2) is 7.70. The van der Waals surface area contributed by atoms with E-state index >= 15 is 0 Å². The van der Waals surface area contributed by atoms with E-state index in [9.17, 15) is 13.2 Å². The molecule has 4 heterocycles. The summed E-state index contributed by atoms with van der Waals surface area (Å²) in [6, 6.07) is 12.2. The zero-order valence-corrected chi connectivity index (χ0v) is 17.7. The van der Waals surface area contributed by atoms with Crippen LogP contribution in [0.2, 0.25) is 0 Å². The third-order valence-corrected chi connectivity index (χ3v) is 6.78. The topological polar surface area (TPSA) is 128 Å². The van der Waals surface area contributed by atoms with E-state index < -0.39 is 16.0 Å².